The molecule has 2 aromatic rings. The van der Waals surface area contributed by atoms with Crippen LogP contribution in [0, 0.1) is 6.92 Å². The van der Waals surface area contributed by atoms with Crippen LogP contribution in [-0.4, -0.2) is 40.6 Å². The predicted molar refractivity (Wildman–Crippen MR) is 117 cm³/mol. The molecule has 1 saturated carbocycles. The maximum Gasteiger partial charge on any atom is 0.191 e. The van der Waals surface area contributed by atoms with Gasteiger partial charge >= 0.3 is 0 Å². The van der Waals surface area contributed by atoms with E-state index in [0.29, 0.717) is 6.04 Å². The summed E-state index contributed by atoms with van der Waals surface area (Å²) in [5.74, 6) is 1.96. The first-order valence-electron chi connectivity index (χ1n) is 10.2. The van der Waals surface area contributed by atoms with Gasteiger partial charge < -0.3 is 15.2 Å². The molecule has 2 N–H and O–H groups in total. The van der Waals surface area contributed by atoms with E-state index in [4.69, 9.17) is 0 Å². The number of benzene rings is 1. The summed E-state index contributed by atoms with van der Waals surface area (Å²) in [4.78, 5) is 4.33. The zero-order chi connectivity index (χ0) is 19.8. The van der Waals surface area contributed by atoms with Crippen molar-refractivity contribution in [2.24, 2.45) is 4.99 Å². The van der Waals surface area contributed by atoms with Crippen molar-refractivity contribution in [3.8, 4) is 0 Å². The second-order valence-corrected chi connectivity index (χ2v) is 8.07. The third-order valence-electron chi connectivity index (χ3n) is 5.41. The SMILES string of the molecule is CN=C(NCCCc1nnc(SC)n1C1CCCC1)NCc1ccccc1C. The minimum absolute atomic E-state index is 0.587. The fourth-order valence-electron chi connectivity index (χ4n) is 3.81. The van der Waals surface area contributed by atoms with E-state index in [1.54, 1.807) is 11.8 Å². The average Bonchev–Trinajstić information content (AvgIpc) is 3.37. The molecule has 0 aliphatic heterocycles. The molecule has 1 aliphatic rings. The molecular formula is C21H32N6S. The molecule has 28 heavy (non-hydrogen) atoms. The van der Waals surface area contributed by atoms with Gasteiger partial charge in [-0.1, -0.05) is 48.9 Å². The Kier molecular flexibility index (Phi) is 7.77. The molecule has 0 amide bonds. The standard InChI is InChI=1S/C21H32N6S/c1-16-9-4-5-10-17(16)15-24-20(22-2)23-14-8-13-19-25-26-21(28-3)27(19)18-11-6-7-12-18/h4-5,9-10,18H,6-8,11-15H2,1-3H3,(H2,22,23,24). The van der Waals surface area contributed by atoms with E-state index in [1.165, 1.54) is 36.8 Å². The van der Waals surface area contributed by atoms with Crippen molar-refractivity contribution < 1.29 is 0 Å². The maximum absolute atomic E-state index is 4.47. The van der Waals surface area contributed by atoms with Gasteiger partial charge in [0, 0.05) is 32.6 Å². The largest absolute Gasteiger partial charge is 0.356 e. The highest BCUT2D eigenvalue weighted by atomic mass is 32.2. The van der Waals surface area contributed by atoms with E-state index in [0.717, 1.165) is 42.9 Å². The molecule has 0 bridgehead atoms. The van der Waals surface area contributed by atoms with Crippen LogP contribution in [0.1, 0.15) is 55.1 Å². The van der Waals surface area contributed by atoms with Crippen LogP contribution in [0.15, 0.2) is 34.4 Å². The molecule has 1 aromatic heterocycles. The van der Waals surface area contributed by atoms with E-state index >= 15 is 0 Å². The van der Waals surface area contributed by atoms with Crippen LogP contribution in [0.2, 0.25) is 0 Å². The van der Waals surface area contributed by atoms with Gasteiger partial charge in [0.05, 0.1) is 0 Å². The second kappa shape index (κ2) is 10.5. The first kappa shape index (κ1) is 20.7. The van der Waals surface area contributed by atoms with E-state index in [9.17, 15) is 0 Å². The molecule has 0 saturated heterocycles. The Morgan fingerprint density at radius 3 is 2.71 bits per heavy atom. The molecule has 0 spiro atoms. The molecule has 0 radical (unpaired) electrons. The van der Waals surface area contributed by atoms with Gasteiger partial charge in [-0.3, -0.25) is 4.99 Å². The van der Waals surface area contributed by atoms with Gasteiger partial charge in [-0.25, -0.2) is 0 Å². The van der Waals surface area contributed by atoms with E-state index in [2.05, 4.69) is 67.8 Å². The Labute approximate surface area is 172 Å². The summed E-state index contributed by atoms with van der Waals surface area (Å²) in [7, 11) is 1.81. The highest BCUT2D eigenvalue weighted by Gasteiger charge is 2.23. The van der Waals surface area contributed by atoms with Gasteiger partial charge in [-0.15, -0.1) is 10.2 Å². The minimum atomic E-state index is 0.587. The lowest BCUT2D eigenvalue weighted by Gasteiger charge is -2.16. The summed E-state index contributed by atoms with van der Waals surface area (Å²) in [6, 6.07) is 9.01. The molecule has 0 atom stereocenters. The lowest BCUT2D eigenvalue weighted by atomic mass is 10.1. The summed E-state index contributed by atoms with van der Waals surface area (Å²) in [6.07, 6.45) is 9.18. The molecular weight excluding hydrogens is 368 g/mol. The highest BCUT2D eigenvalue weighted by molar-refractivity contribution is 7.98. The van der Waals surface area contributed by atoms with E-state index < -0.39 is 0 Å². The van der Waals surface area contributed by atoms with E-state index in [-0.39, 0.29) is 0 Å². The number of rotatable bonds is 8. The number of aliphatic imine (C=N–C) groups is 1. The monoisotopic (exact) mass is 400 g/mol. The van der Waals surface area contributed by atoms with Crippen LogP contribution in [0.4, 0.5) is 0 Å². The second-order valence-electron chi connectivity index (χ2n) is 7.29. The topological polar surface area (TPSA) is 67.1 Å². The van der Waals surface area contributed by atoms with Crippen molar-refractivity contribution >= 4 is 17.7 Å². The molecule has 6 nitrogen and oxygen atoms in total. The van der Waals surface area contributed by atoms with Crippen molar-refractivity contribution in [1.29, 1.82) is 0 Å². The smallest absolute Gasteiger partial charge is 0.191 e. The Morgan fingerprint density at radius 2 is 2.00 bits per heavy atom. The fourth-order valence-corrected chi connectivity index (χ4v) is 4.38. The molecule has 1 aliphatic carbocycles. The predicted octanol–water partition coefficient (Wildman–Crippen LogP) is 3.72. The van der Waals surface area contributed by atoms with Crippen LogP contribution < -0.4 is 10.6 Å². The maximum atomic E-state index is 4.47. The van der Waals surface area contributed by atoms with Crippen molar-refractivity contribution in [2.75, 3.05) is 19.8 Å². The number of hydrogen-bond acceptors (Lipinski definition) is 4. The van der Waals surface area contributed by atoms with Crippen molar-refractivity contribution in [3.05, 3.63) is 41.2 Å². The number of guanidine groups is 1. The first-order valence-corrected chi connectivity index (χ1v) is 11.4. The Bertz CT molecular complexity index is 779. The first-order chi connectivity index (χ1) is 13.7. The molecule has 7 heteroatoms. The van der Waals surface area contributed by atoms with Crippen LogP contribution in [0.5, 0.6) is 0 Å². The van der Waals surface area contributed by atoms with Gasteiger partial charge in [0.2, 0.25) is 0 Å². The molecule has 0 unspecified atom stereocenters. The van der Waals surface area contributed by atoms with E-state index in [1.807, 2.05) is 7.05 Å². The van der Waals surface area contributed by atoms with Crippen LogP contribution in [-0.2, 0) is 13.0 Å². The average molecular weight is 401 g/mol. The minimum Gasteiger partial charge on any atom is -0.356 e. The number of aryl methyl sites for hydroxylation is 2. The number of nitrogens with zero attached hydrogens (tertiary/aromatic N) is 4. The summed E-state index contributed by atoms with van der Waals surface area (Å²) < 4.78 is 2.39. The number of thioether (sulfide) groups is 1. The quantitative estimate of drug-likeness (QED) is 0.306. The van der Waals surface area contributed by atoms with Crippen LogP contribution in [0.3, 0.4) is 0 Å². The van der Waals surface area contributed by atoms with Gasteiger partial charge in [0.1, 0.15) is 5.82 Å². The molecule has 1 fully saturated rings. The molecule has 152 valence electrons. The molecule has 1 heterocycles. The van der Waals surface area contributed by atoms with Crippen LogP contribution >= 0.6 is 11.8 Å². The zero-order valence-electron chi connectivity index (χ0n) is 17.2. The lowest BCUT2D eigenvalue weighted by Crippen LogP contribution is -2.37. The normalized spacial score (nSPS) is 15.2. The lowest BCUT2D eigenvalue weighted by molar-refractivity contribution is 0.460. The van der Waals surface area contributed by atoms with Crippen LogP contribution in [0.25, 0.3) is 0 Å². The number of aromatic nitrogens is 3. The molecule has 1 aromatic carbocycles. The van der Waals surface area contributed by atoms with Crippen molar-refractivity contribution in [2.45, 2.75) is 63.2 Å². The Balaban J connectivity index is 1.47. The Morgan fingerprint density at radius 1 is 1.21 bits per heavy atom. The summed E-state index contributed by atoms with van der Waals surface area (Å²) in [6.45, 7) is 3.77. The number of hydrogen-bond donors (Lipinski definition) is 2. The van der Waals surface area contributed by atoms with Gasteiger partial charge in [0.15, 0.2) is 11.1 Å². The van der Waals surface area contributed by atoms with Gasteiger partial charge in [0.25, 0.3) is 0 Å². The highest BCUT2D eigenvalue weighted by Crippen LogP contribution is 2.33. The summed E-state index contributed by atoms with van der Waals surface area (Å²) in [5, 5.41) is 16.7. The van der Waals surface area contributed by atoms with Gasteiger partial charge in [-0.05, 0) is 43.6 Å². The zero-order valence-corrected chi connectivity index (χ0v) is 18.1. The van der Waals surface area contributed by atoms with Crippen molar-refractivity contribution in [1.82, 2.24) is 25.4 Å². The number of nitrogens with one attached hydrogen (secondary N) is 2. The van der Waals surface area contributed by atoms with Crippen molar-refractivity contribution in [3.63, 3.8) is 0 Å². The summed E-state index contributed by atoms with van der Waals surface area (Å²) in [5.41, 5.74) is 2.58. The fraction of sp³-hybridized carbons (Fsp3) is 0.571. The third kappa shape index (κ3) is 5.28. The third-order valence-corrected chi connectivity index (χ3v) is 6.05. The van der Waals surface area contributed by atoms with Gasteiger partial charge in [-0.2, -0.15) is 0 Å². The summed E-state index contributed by atoms with van der Waals surface area (Å²) >= 11 is 1.70. The molecule has 3 rings (SSSR count). The Hall–Kier alpha value is -2.02.